The molecule has 0 aromatic heterocycles. The van der Waals surface area contributed by atoms with E-state index in [2.05, 4.69) is 12.1 Å². The highest BCUT2D eigenvalue weighted by atomic mass is 19.1. The third-order valence-electron chi connectivity index (χ3n) is 6.52. The van der Waals surface area contributed by atoms with Gasteiger partial charge < -0.3 is 14.2 Å². The molecule has 0 radical (unpaired) electrons. The summed E-state index contributed by atoms with van der Waals surface area (Å²) < 4.78 is 42.3. The molecule has 2 fully saturated rings. The molecule has 1 aromatic rings. The molecule has 0 bridgehead atoms. The van der Waals surface area contributed by atoms with Gasteiger partial charge in [-0.25, -0.2) is 18.4 Å². The molecule has 3 rings (SSSR count). The van der Waals surface area contributed by atoms with Gasteiger partial charge in [0.25, 0.3) is 0 Å². The van der Waals surface area contributed by atoms with E-state index < -0.39 is 24.3 Å². The Morgan fingerprint density at radius 3 is 1.75 bits per heavy atom. The van der Waals surface area contributed by atoms with E-state index in [4.69, 9.17) is 14.2 Å². The first-order chi connectivity index (χ1) is 15.3. The number of hydrogen-bond donors (Lipinski definition) is 0. The molecule has 0 heterocycles. The molecule has 0 saturated heterocycles. The average molecular weight is 453 g/mol. The van der Waals surface area contributed by atoms with Crippen LogP contribution in [0.3, 0.4) is 0 Å². The van der Waals surface area contributed by atoms with Crippen molar-refractivity contribution in [3.05, 3.63) is 29.8 Å². The Bertz CT molecular complexity index is 733. The fraction of sp³-hybridized carbons (Fsp3) is 0.680. The zero-order valence-electron chi connectivity index (χ0n) is 18.9. The summed E-state index contributed by atoms with van der Waals surface area (Å²) in [6.07, 6.45) is 3.09. The summed E-state index contributed by atoms with van der Waals surface area (Å²) in [5, 5.41) is 0. The van der Waals surface area contributed by atoms with Crippen molar-refractivity contribution in [3.8, 4) is 5.75 Å². The maximum absolute atomic E-state index is 13.0. The number of esters is 2. The Hall–Kier alpha value is -2.18. The number of benzene rings is 1. The molecule has 2 aliphatic rings. The number of rotatable bonds is 8. The minimum atomic E-state index is -1.57. The average Bonchev–Trinajstić information content (AvgIpc) is 2.79. The summed E-state index contributed by atoms with van der Waals surface area (Å²) in [4.78, 5) is 22.8. The van der Waals surface area contributed by atoms with Crippen molar-refractivity contribution in [2.75, 3.05) is 6.61 Å². The van der Waals surface area contributed by atoms with E-state index in [9.17, 15) is 18.4 Å². The number of halogens is 2. The van der Waals surface area contributed by atoms with Crippen LogP contribution in [-0.4, -0.2) is 43.1 Å². The van der Waals surface area contributed by atoms with Crippen LogP contribution >= 0.6 is 0 Å². The van der Waals surface area contributed by atoms with E-state index in [1.54, 1.807) is 0 Å². The monoisotopic (exact) mass is 452 g/mol. The second-order valence-electron chi connectivity index (χ2n) is 9.10. The SMILES string of the molecule is C[C@H](F)C(=O)O[C@H]1CC[C@H](COc2ccc([C@H]3CC[C@H](OC(=O)[C@H](C)F)CC3)cc2)CC1. The van der Waals surface area contributed by atoms with Gasteiger partial charge in [-0.1, -0.05) is 12.1 Å². The molecule has 0 N–H and O–H groups in total. The minimum absolute atomic E-state index is 0.182. The van der Waals surface area contributed by atoms with Crippen LogP contribution in [0.1, 0.15) is 76.7 Å². The van der Waals surface area contributed by atoms with Gasteiger partial charge in [0.05, 0.1) is 6.61 Å². The topological polar surface area (TPSA) is 61.8 Å². The fourth-order valence-corrected chi connectivity index (χ4v) is 4.50. The largest absolute Gasteiger partial charge is 0.493 e. The molecule has 2 aliphatic carbocycles. The lowest BCUT2D eigenvalue weighted by Gasteiger charge is -2.29. The summed E-state index contributed by atoms with van der Waals surface area (Å²) in [5.74, 6) is 0.102. The predicted molar refractivity (Wildman–Crippen MR) is 116 cm³/mol. The van der Waals surface area contributed by atoms with Gasteiger partial charge in [0.15, 0.2) is 12.3 Å². The van der Waals surface area contributed by atoms with Gasteiger partial charge in [-0.3, -0.25) is 0 Å². The van der Waals surface area contributed by atoms with Crippen LogP contribution in [0.5, 0.6) is 5.75 Å². The molecule has 0 aliphatic heterocycles. The van der Waals surface area contributed by atoms with Crippen LogP contribution in [0.2, 0.25) is 0 Å². The van der Waals surface area contributed by atoms with Crippen LogP contribution in [0.25, 0.3) is 0 Å². The zero-order chi connectivity index (χ0) is 23.1. The first kappa shape index (κ1) is 24.5. The van der Waals surface area contributed by atoms with Gasteiger partial charge in [0, 0.05) is 0 Å². The summed E-state index contributed by atoms with van der Waals surface area (Å²) in [6.45, 7) is 3.02. The van der Waals surface area contributed by atoms with Crippen molar-refractivity contribution in [1.29, 1.82) is 0 Å². The number of ether oxygens (including phenoxy) is 3. The molecule has 178 valence electrons. The molecule has 2 saturated carbocycles. The Balaban J connectivity index is 1.37. The van der Waals surface area contributed by atoms with E-state index in [-0.39, 0.29) is 12.2 Å². The maximum Gasteiger partial charge on any atom is 0.340 e. The highest BCUT2D eigenvalue weighted by Crippen LogP contribution is 2.35. The van der Waals surface area contributed by atoms with Crippen LogP contribution in [0.4, 0.5) is 8.78 Å². The fourth-order valence-electron chi connectivity index (χ4n) is 4.50. The van der Waals surface area contributed by atoms with E-state index >= 15 is 0 Å². The molecule has 0 amide bonds. The Kier molecular flexibility index (Phi) is 8.88. The zero-order valence-corrected chi connectivity index (χ0v) is 18.9. The molecule has 32 heavy (non-hydrogen) atoms. The van der Waals surface area contributed by atoms with E-state index in [0.717, 1.165) is 57.1 Å². The lowest BCUT2D eigenvalue weighted by molar-refractivity contribution is -0.157. The summed E-state index contributed by atoms with van der Waals surface area (Å²) >= 11 is 0. The number of alkyl halides is 2. The number of carbonyl (C=O) groups is 2. The minimum Gasteiger partial charge on any atom is -0.493 e. The lowest BCUT2D eigenvalue weighted by atomic mass is 9.83. The predicted octanol–water partition coefficient (Wildman–Crippen LogP) is 5.45. The second kappa shape index (κ2) is 11.6. The standard InChI is InChI=1S/C25H34F2O5/c1-16(26)24(28)31-22-9-3-18(4-10-22)15-30-21-11-5-19(6-12-21)20-7-13-23(14-8-20)32-25(29)17(2)27/h5-6,11-12,16-18,20,22-23H,3-4,7-10,13-15H2,1-2H3/t16-,17-,18-,20-,22-,23-/m0/s1. The molecule has 0 unspecified atom stereocenters. The second-order valence-corrected chi connectivity index (χ2v) is 9.10. The van der Waals surface area contributed by atoms with Crippen molar-refractivity contribution in [2.45, 2.75) is 95.7 Å². The maximum atomic E-state index is 13.0. The van der Waals surface area contributed by atoms with Crippen LogP contribution in [-0.2, 0) is 19.1 Å². The van der Waals surface area contributed by atoms with Crippen LogP contribution in [0.15, 0.2) is 24.3 Å². The van der Waals surface area contributed by atoms with Crippen molar-refractivity contribution >= 4 is 11.9 Å². The molecular weight excluding hydrogens is 418 g/mol. The van der Waals surface area contributed by atoms with E-state index in [0.29, 0.717) is 18.4 Å². The highest BCUT2D eigenvalue weighted by molar-refractivity contribution is 5.74. The Morgan fingerprint density at radius 1 is 0.812 bits per heavy atom. The lowest BCUT2D eigenvalue weighted by Crippen LogP contribution is -2.29. The summed E-state index contributed by atoms with van der Waals surface area (Å²) in [6, 6.07) is 8.15. The van der Waals surface area contributed by atoms with Crippen LogP contribution < -0.4 is 4.74 Å². The molecule has 7 heteroatoms. The molecule has 1 aromatic carbocycles. The Labute approximate surface area is 188 Å². The van der Waals surface area contributed by atoms with E-state index in [1.807, 2.05) is 12.1 Å². The Morgan fingerprint density at radius 2 is 1.28 bits per heavy atom. The van der Waals surface area contributed by atoms with E-state index in [1.165, 1.54) is 19.4 Å². The van der Waals surface area contributed by atoms with Gasteiger partial charge >= 0.3 is 11.9 Å². The number of carbonyl (C=O) groups excluding carboxylic acids is 2. The van der Waals surface area contributed by atoms with Crippen molar-refractivity contribution in [3.63, 3.8) is 0 Å². The third-order valence-corrected chi connectivity index (χ3v) is 6.52. The van der Waals surface area contributed by atoms with Crippen molar-refractivity contribution in [2.24, 2.45) is 5.92 Å². The highest BCUT2D eigenvalue weighted by Gasteiger charge is 2.27. The van der Waals surface area contributed by atoms with Gasteiger partial charge in [-0.2, -0.15) is 0 Å². The summed E-state index contributed by atoms with van der Waals surface area (Å²) in [7, 11) is 0. The van der Waals surface area contributed by atoms with Crippen LogP contribution in [0, 0.1) is 5.92 Å². The smallest absolute Gasteiger partial charge is 0.340 e. The number of hydrogen-bond acceptors (Lipinski definition) is 5. The molecular formula is C25H34F2O5. The van der Waals surface area contributed by atoms with Gasteiger partial charge in [-0.15, -0.1) is 0 Å². The van der Waals surface area contributed by atoms with Crippen molar-refractivity contribution < 1.29 is 32.6 Å². The normalized spacial score (nSPS) is 27.8. The first-order valence-corrected chi connectivity index (χ1v) is 11.7. The van der Waals surface area contributed by atoms with Gasteiger partial charge in [-0.05, 0) is 94.7 Å². The summed E-state index contributed by atoms with van der Waals surface area (Å²) in [5.41, 5.74) is 1.24. The molecule has 0 spiro atoms. The third kappa shape index (κ3) is 7.17. The van der Waals surface area contributed by atoms with Gasteiger partial charge in [0.1, 0.15) is 18.0 Å². The van der Waals surface area contributed by atoms with Crippen molar-refractivity contribution in [1.82, 2.24) is 0 Å². The molecule has 5 nitrogen and oxygen atoms in total. The first-order valence-electron chi connectivity index (χ1n) is 11.7. The van der Waals surface area contributed by atoms with Gasteiger partial charge in [0.2, 0.25) is 0 Å². The quantitative estimate of drug-likeness (QED) is 0.491. The molecule has 2 atom stereocenters.